The number of aromatic carboxylic acids is 1. The molecule has 0 aliphatic rings. The van der Waals surface area contributed by atoms with E-state index in [-0.39, 0.29) is 22.0 Å². The van der Waals surface area contributed by atoms with Gasteiger partial charge in [0, 0.05) is 6.20 Å². The molecule has 0 atom stereocenters. The van der Waals surface area contributed by atoms with Crippen LogP contribution in [-0.4, -0.2) is 42.2 Å². The molecule has 0 aliphatic heterocycles. The Bertz CT molecular complexity index is 977. The molecular formula is C15H12ClN3O6S. The molecular weight excluding hydrogens is 386 g/mol. The van der Waals surface area contributed by atoms with Crippen molar-refractivity contribution < 1.29 is 27.9 Å². The molecule has 1 heterocycles. The largest absolute Gasteiger partial charge is 0.478 e. The molecule has 26 heavy (non-hydrogen) atoms. The number of alkyl halides is 1. The fourth-order valence-electron chi connectivity index (χ4n) is 1.90. The third-order valence-corrected chi connectivity index (χ3v) is 4.67. The molecule has 0 spiro atoms. The highest BCUT2D eigenvalue weighted by molar-refractivity contribution is 7.90. The number of benzene rings is 1. The minimum Gasteiger partial charge on any atom is -0.478 e. The average Bonchev–Trinajstić information content (AvgIpc) is 2.61. The summed E-state index contributed by atoms with van der Waals surface area (Å²) in [5, 5.41) is 11.2. The highest BCUT2D eigenvalue weighted by Gasteiger charge is 2.23. The van der Waals surface area contributed by atoms with Crippen LogP contribution in [0.3, 0.4) is 0 Å². The van der Waals surface area contributed by atoms with Crippen LogP contribution in [-0.2, 0) is 14.8 Å². The molecule has 0 aliphatic carbocycles. The first-order valence-electron chi connectivity index (χ1n) is 6.96. The number of nitrogens with one attached hydrogen (secondary N) is 2. The first kappa shape index (κ1) is 19.3. The van der Waals surface area contributed by atoms with Gasteiger partial charge < -0.3 is 10.4 Å². The van der Waals surface area contributed by atoms with E-state index < -0.39 is 33.5 Å². The van der Waals surface area contributed by atoms with Crippen molar-refractivity contribution in [1.29, 1.82) is 0 Å². The Kier molecular flexibility index (Phi) is 5.90. The minimum absolute atomic E-state index is 0.0642. The zero-order valence-electron chi connectivity index (χ0n) is 13.0. The van der Waals surface area contributed by atoms with Crippen molar-refractivity contribution in [2.75, 3.05) is 11.2 Å². The standard InChI is InChI=1S/C15H12ClN3O6S/c16-8-13(20)18-10-3-1-2-4-12(10)26(24,25)19-14(21)11-7-9(15(22)23)5-6-17-11/h1-7H,8H2,(H,18,20)(H,19,21)(H,22,23). The van der Waals surface area contributed by atoms with Gasteiger partial charge in [-0.3, -0.25) is 14.6 Å². The predicted octanol–water partition coefficient (Wildman–Crippen LogP) is 1.08. The second-order valence-corrected chi connectivity index (χ2v) is 6.77. The van der Waals surface area contributed by atoms with Gasteiger partial charge in [0.2, 0.25) is 5.91 Å². The van der Waals surface area contributed by atoms with E-state index >= 15 is 0 Å². The number of rotatable bonds is 6. The lowest BCUT2D eigenvalue weighted by Crippen LogP contribution is -2.32. The number of carboxylic acid groups (broad SMARTS) is 1. The number of anilines is 1. The topological polar surface area (TPSA) is 143 Å². The Hall–Kier alpha value is -2.98. The van der Waals surface area contributed by atoms with Crippen LogP contribution in [0.4, 0.5) is 5.69 Å². The Morgan fingerprint density at radius 1 is 1.15 bits per heavy atom. The number of hydrogen-bond donors (Lipinski definition) is 3. The number of aromatic nitrogens is 1. The molecule has 2 amide bonds. The van der Waals surface area contributed by atoms with Crippen molar-refractivity contribution in [3.8, 4) is 0 Å². The van der Waals surface area contributed by atoms with Gasteiger partial charge in [0.05, 0.1) is 11.3 Å². The zero-order chi connectivity index (χ0) is 19.3. The van der Waals surface area contributed by atoms with Crippen molar-refractivity contribution in [3.63, 3.8) is 0 Å². The first-order chi connectivity index (χ1) is 12.2. The van der Waals surface area contributed by atoms with E-state index in [0.717, 1.165) is 18.3 Å². The SMILES string of the molecule is O=C(CCl)Nc1ccccc1S(=O)(=O)NC(=O)c1cc(C(=O)O)ccn1. The summed E-state index contributed by atoms with van der Waals surface area (Å²) in [6, 6.07) is 7.49. The summed E-state index contributed by atoms with van der Waals surface area (Å²) in [5.41, 5.74) is -0.682. The van der Waals surface area contributed by atoms with E-state index in [1.54, 1.807) is 4.72 Å². The van der Waals surface area contributed by atoms with Crippen LogP contribution < -0.4 is 10.0 Å². The van der Waals surface area contributed by atoms with E-state index in [0.29, 0.717) is 0 Å². The molecule has 11 heteroatoms. The number of hydrogen-bond acceptors (Lipinski definition) is 6. The predicted molar refractivity (Wildman–Crippen MR) is 91.6 cm³/mol. The first-order valence-corrected chi connectivity index (χ1v) is 8.97. The quantitative estimate of drug-likeness (QED) is 0.619. The second kappa shape index (κ2) is 7.93. The van der Waals surface area contributed by atoms with Crippen LogP contribution in [0.1, 0.15) is 20.8 Å². The summed E-state index contributed by atoms with van der Waals surface area (Å²) >= 11 is 5.39. The molecule has 3 N–H and O–H groups in total. The summed E-state index contributed by atoms with van der Waals surface area (Å²) in [5.74, 6) is -3.42. The highest BCUT2D eigenvalue weighted by atomic mass is 35.5. The number of carbonyl (C=O) groups excluding carboxylic acids is 2. The molecule has 0 fully saturated rings. The number of carbonyl (C=O) groups is 3. The number of carboxylic acids is 1. The Morgan fingerprint density at radius 2 is 1.85 bits per heavy atom. The molecule has 0 radical (unpaired) electrons. The van der Waals surface area contributed by atoms with Gasteiger partial charge in [0.25, 0.3) is 15.9 Å². The molecule has 1 aromatic heterocycles. The maximum atomic E-state index is 12.5. The van der Waals surface area contributed by atoms with Crippen LogP contribution in [0.5, 0.6) is 0 Å². The lowest BCUT2D eigenvalue weighted by Gasteiger charge is -2.12. The van der Waals surface area contributed by atoms with E-state index in [2.05, 4.69) is 10.3 Å². The maximum absolute atomic E-state index is 12.5. The van der Waals surface area contributed by atoms with Gasteiger partial charge in [-0.05, 0) is 24.3 Å². The van der Waals surface area contributed by atoms with Gasteiger partial charge in [-0.25, -0.2) is 17.9 Å². The zero-order valence-corrected chi connectivity index (χ0v) is 14.5. The van der Waals surface area contributed by atoms with Gasteiger partial charge >= 0.3 is 5.97 Å². The van der Waals surface area contributed by atoms with Gasteiger partial charge in [0.15, 0.2) is 0 Å². The average molecular weight is 398 g/mol. The molecule has 2 aromatic rings. The fraction of sp³-hybridized carbons (Fsp3) is 0.0667. The summed E-state index contributed by atoms with van der Waals surface area (Å²) in [6.07, 6.45) is 1.07. The van der Waals surface area contributed by atoms with Crippen molar-refractivity contribution >= 4 is 45.1 Å². The number of sulfonamides is 1. The molecule has 2 rings (SSSR count). The Balaban J connectivity index is 2.32. The van der Waals surface area contributed by atoms with Crippen LogP contribution in [0.15, 0.2) is 47.5 Å². The molecule has 0 bridgehead atoms. The lowest BCUT2D eigenvalue weighted by molar-refractivity contribution is -0.113. The fourth-order valence-corrected chi connectivity index (χ4v) is 3.10. The van der Waals surface area contributed by atoms with Crippen LogP contribution in [0.2, 0.25) is 0 Å². The highest BCUT2D eigenvalue weighted by Crippen LogP contribution is 2.21. The number of para-hydroxylation sites is 1. The van der Waals surface area contributed by atoms with Gasteiger partial charge in [0.1, 0.15) is 16.5 Å². The smallest absolute Gasteiger partial charge is 0.335 e. The summed E-state index contributed by atoms with van der Waals surface area (Å²) in [4.78, 5) is 37.8. The van der Waals surface area contributed by atoms with Crippen molar-refractivity contribution in [2.24, 2.45) is 0 Å². The normalized spacial score (nSPS) is 10.8. The summed E-state index contributed by atoms with van der Waals surface area (Å²) in [7, 11) is -4.37. The van der Waals surface area contributed by atoms with Crippen LogP contribution in [0, 0.1) is 0 Å². The lowest BCUT2D eigenvalue weighted by atomic mass is 10.2. The molecule has 0 saturated carbocycles. The van der Waals surface area contributed by atoms with Crippen LogP contribution >= 0.6 is 11.6 Å². The summed E-state index contributed by atoms with van der Waals surface area (Å²) in [6.45, 7) is 0. The third-order valence-electron chi connectivity index (χ3n) is 3.04. The van der Waals surface area contributed by atoms with Crippen molar-refractivity contribution in [1.82, 2.24) is 9.71 Å². The third kappa shape index (κ3) is 4.55. The number of nitrogens with zero attached hydrogens (tertiary/aromatic N) is 1. The molecule has 9 nitrogen and oxygen atoms in total. The monoisotopic (exact) mass is 397 g/mol. The summed E-state index contributed by atoms with van der Waals surface area (Å²) < 4.78 is 26.7. The number of pyridine rings is 1. The Labute approximate surface area is 153 Å². The second-order valence-electron chi connectivity index (χ2n) is 4.85. The maximum Gasteiger partial charge on any atom is 0.335 e. The molecule has 0 unspecified atom stereocenters. The number of amides is 2. The molecule has 136 valence electrons. The van der Waals surface area contributed by atoms with Crippen LogP contribution in [0.25, 0.3) is 0 Å². The minimum atomic E-state index is -4.37. The van der Waals surface area contributed by atoms with Gasteiger partial charge in [-0.15, -0.1) is 11.6 Å². The molecule has 0 saturated heterocycles. The van der Waals surface area contributed by atoms with E-state index in [1.165, 1.54) is 24.3 Å². The van der Waals surface area contributed by atoms with E-state index in [9.17, 15) is 22.8 Å². The Morgan fingerprint density at radius 3 is 2.50 bits per heavy atom. The van der Waals surface area contributed by atoms with Crippen molar-refractivity contribution in [3.05, 3.63) is 53.9 Å². The van der Waals surface area contributed by atoms with E-state index in [1.807, 2.05) is 0 Å². The van der Waals surface area contributed by atoms with Crippen molar-refractivity contribution in [2.45, 2.75) is 4.90 Å². The molecule has 1 aromatic carbocycles. The van der Waals surface area contributed by atoms with Gasteiger partial charge in [-0.2, -0.15) is 0 Å². The van der Waals surface area contributed by atoms with E-state index in [4.69, 9.17) is 16.7 Å². The van der Waals surface area contributed by atoms with Gasteiger partial charge in [-0.1, -0.05) is 12.1 Å². The number of halogens is 1.